The second-order valence-electron chi connectivity index (χ2n) is 6.78. The Kier molecular flexibility index (Phi) is 3.02. The molecule has 1 saturated heterocycles. The lowest BCUT2D eigenvalue weighted by molar-refractivity contribution is 0.0587. The summed E-state index contributed by atoms with van der Waals surface area (Å²) in [5, 5.41) is 1.16. The van der Waals surface area contributed by atoms with Gasteiger partial charge in [0.2, 0.25) is 0 Å². The van der Waals surface area contributed by atoms with Crippen molar-refractivity contribution in [2.75, 3.05) is 13.1 Å². The Labute approximate surface area is 125 Å². The number of aromatic nitrogens is 1. The third kappa shape index (κ3) is 2.25. The van der Waals surface area contributed by atoms with E-state index in [4.69, 9.17) is 0 Å². The van der Waals surface area contributed by atoms with Crippen LogP contribution >= 0.6 is 0 Å². The van der Waals surface area contributed by atoms with Crippen molar-refractivity contribution in [3.8, 4) is 0 Å². The Morgan fingerprint density at radius 1 is 1.05 bits per heavy atom. The molecule has 1 aliphatic carbocycles. The summed E-state index contributed by atoms with van der Waals surface area (Å²) in [6.45, 7) is 1.86. The van der Waals surface area contributed by atoms with E-state index in [0.29, 0.717) is 5.41 Å². The number of carbonyl (C=O) groups excluding carboxylic acids is 1. The first kappa shape index (κ1) is 12.9. The average Bonchev–Trinajstić information content (AvgIpc) is 3.16. The lowest BCUT2D eigenvalue weighted by Crippen LogP contribution is -2.42. The molecule has 1 aromatic heterocycles. The van der Waals surface area contributed by atoms with Gasteiger partial charge in [-0.1, -0.05) is 18.9 Å². The van der Waals surface area contributed by atoms with Crippen molar-refractivity contribution in [3.63, 3.8) is 0 Å². The van der Waals surface area contributed by atoms with Crippen LogP contribution in [0.1, 0.15) is 48.9 Å². The number of benzene rings is 1. The quantitative estimate of drug-likeness (QED) is 0.844. The standard InChI is InChI=1S/C18H22N2O/c21-17(15-4-3-14-5-10-19-16(14)13-15)20-11-8-18(9-12-20)6-1-2-7-18/h3-5,10,13,19H,1-2,6-9,11-12H2. The predicted octanol–water partition coefficient (Wildman–Crippen LogP) is 3.96. The van der Waals surface area contributed by atoms with Gasteiger partial charge in [0.05, 0.1) is 0 Å². The van der Waals surface area contributed by atoms with Crippen LogP contribution in [0.25, 0.3) is 10.9 Å². The van der Waals surface area contributed by atoms with Crippen LogP contribution in [0.2, 0.25) is 0 Å². The van der Waals surface area contributed by atoms with Gasteiger partial charge in [0.1, 0.15) is 0 Å². The Hall–Kier alpha value is -1.77. The van der Waals surface area contributed by atoms with Crippen molar-refractivity contribution in [3.05, 3.63) is 36.0 Å². The maximum atomic E-state index is 12.7. The third-order valence-electron chi connectivity index (χ3n) is 5.58. The van der Waals surface area contributed by atoms with Crippen LogP contribution in [0, 0.1) is 5.41 Å². The number of fused-ring (bicyclic) bond motifs is 1. The van der Waals surface area contributed by atoms with Crippen molar-refractivity contribution in [1.29, 1.82) is 0 Å². The molecule has 0 unspecified atom stereocenters. The summed E-state index contributed by atoms with van der Waals surface area (Å²) in [4.78, 5) is 17.9. The molecule has 4 rings (SSSR count). The van der Waals surface area contributed by atoms with Crippen molar-refractivity contribution >= 4 is 16.8 Å². The number of nitrogens with zero attached hydrogens (tertiary/aromatic N) is 1. The molecule has 110 valence electrons. The molecule has 2 fully saturated rings. The largest absolute Gasteiger partial charge is 0.361 e. The van der Waals surface area contributed by atoms with Gasteiger partial charge in [0, 0.05) is 30.4 Å². The average molecular weight is 282 g/mol. The molecule has 1 N–H and O–H groups in total. The molecule has 0 bridgehead atoms. The van der Waals surface area contributed by atoms with E-state index in [2.05, 4.69) is 4.98 Å². The maximum absolute atomic E-state index is 12.7. The monoisotopic (exact) mass is 282 g/mol. The number of hydrogen-bond acceptors (Lipinski definition) is 1. The van der Waals surface area contributed by atoms with Crippen LogP contribution < -0.4 is 0 Å². The molecular formula is C18H22N2O. The molecule has 2 aliphatic rings. The van der Waals surface area contributed by atoms with Gasteiger partial charge < -0.3 is 9.88 Å². The second kappa shape index (κ2) is 4.90. The number of likely N-dealkylation sites (tertiary alicyclic amines) is 1. The van der Waals surface area contributed by atoms with E-state index in [0.717, 1.165) is 29.6 Å². The minimum absolute atomic E-state index is 0.194. The van der Waals surface area contributed by atoms with Gasteiger partial charge in [-0.25, -0.2) is 0 Å². The van der Waals surface area contributed by atoms with Gasteiger partial charge in [-0.3, -0.25) is 4.79 Å². The van der Waals surface area contributed by atoms with Crippen molar-refractivity contribution in [2.24, 2.45) is 5.41 Å². The van der Waals surface area contributed by atoms with Crippen LogP contribution in [0.5, 0.6) is 0 Å². The number of carbonyl (C=O) groups is 1. The fourth-order valence-electron chi connectivity index (χ4n) is 4.17. The summed E-state index contributed by atoms with van der Waals surface area (Å²) < 4.78 is 0. The molecule has 0 radical (unpaired) electrons. The van der Waals surface area contributed by atoms with Gasteiger partial charge in [-0.15, -0.1) is 0 Å². The Balaban J connectivity index is 1.50. The maximum Gasteiger partial charge on any atom is 0.253 e. The highest BCUT2D eigenvalue weighted by Gasteiger charge is 2.38. The molecule has 1 saturated carbocycles. The van der Waals surface area contributed by atoms with Crippen molar-refractivity contribution in [2.45, 2.75) is 38.5 Å². The topological polar surface area (TPSA) is 36.1 Å². The number of H-pyrrole nitrogens is 1. The number of piperidine rings is 1. The third-order valence-corrected chi connectivity index (χ3v) is 5.58. The van der Waals surface area contributed by atoms with Gasteiger partial charge in [0.15, 0.2) is 0 Å². The molecule has 1 aliphatic heterocycles. The van der Waals surface area contributed by atoms with Crippen LogP contribution in [0.4, 0.5) is 0 Å². The lowest BCUT2D eigenvalue weighted by Gasteiger charge is -2.39. The number of amides is 1. The molecule has 1 amide bonds. The van der Waals surface area contributed by atoms with Crippen LogP contribution in [-0.4, -0.2) is 28.9 Å². The Morgan fingerprint density at radius 2 is 1.81 bits per heavy atom. The zero-order chi connectivity index (χ0) is 14.3. The van der Waals surface area contributed by atoms with Crippen molar-refractivity contribution in [1.82, 2.24) is 9.88 Å². The highest BCUT2D eigenvalue weighted by molar-refractivity contribution is 5.98. The van der Waals surface area contributed by atoms with Gasteiger partial charge in [-0.05, 0) is 54.7 Å². The van der Waals surface area contributed by atoms with Gasteiger partial charge >= 0.3 is 0 Å². The fourth-order valence-corrected chi connectivity index (χ4v) is 4.17. The summed E-state index contributed by atoms with van der Waals surface area (Å²) in [5.41, 5.74) is 2.43. The highest BCUT2D eigenvalue weighted by Crippen LogP contribution is 2.46. The van der Waals surface area contributed by atoms with Gasteiger partial charge in [0.25, 0.3) is 5.91 Å². The smallest absolute Gasteiger partial charge is 0.253 e. The lowest BCUT2D eigenvalue weighted by atomic mass is 9.77. The Bertz CT molecular complexity index is 657. The summed E-state index contributed by atoms with van der Waals surface area (Å²) in [6.07, 6.45) is 9.85. The molecule has 2 aromatic rings. The van der Waals surface area contributed by atoms with E-state index in [9.17, 15) is 4.79 Å². The molecular weight excluding hydrogens is 260 g/mol. The number of rotatable bonds is 1. The first-order chi connectivity index (χ1) is 10.3. The molecule has 3 heteroatoms. The summed E-state index contributed by atoms with van der Waals surface area (Å²) in [5.74, 6) is 0.194. The van der Waals surface area contributed by atoms with E-state index in [1.54, 1.807) is 0 Å². The van der Waals surface area contributed by atoms with Crippen LogP contribution in [-0.2, 0) is 0 Å². The van der Waals surface area contributed by atoms with Crippen molar-refractivity contribution < 1.29 is 4.79 Å². The van der Waals surface area contributed by atoms with Crippen LogP contribution in [0.15, 0.2) is 30.5 Å². The summed E-state index contributed by atoms with van der Waals surface area (Å²) in [7, 11) is 0. The minimum Gasteiger partial charge on any atom is -0.361 e. The SMILES string of the molecule is O=C(c1ccc2cc[nH]c2c1)N1CCC2(CCCC2)CC1. The molecule has 1 spiro atoms. The zero-order valence-corrected chi connectivity index (χ0v) is 12.4. The first-order valence-corrected chi connectivity index (χ1v) is 8.12. The first-order valence-electron chi connectivity index (χ1n) is 8.12. The second-order valence-corrected chi connectivity index (χ2v) is 6.78. The van der Waals surface area contributed by atoms with E-state index in [-0.39, 0.29) is 5.91 Å². The van der Waals surface area contributed by atoms with Gasteiger partial charge in [-0.2, -0.15) is 0 Å². The molecule has 0 atom stereocenters. The normalized spacial score (nSPS) is 21.2. The summed E-state index contributed by atoms with van der Waals surface area (Å²) >= 11 is 0. The van der Waals surface area contributed by atoms with E-state index < -0.39 is 0 Å². The van der Waals surface area contributed by atoms with E-state index in [1.807, 2.05) is 35.4 Å². The molecule has 2 heterocycles. The zero-order valence-electron chi connectivity index (χ0n) is 12.4. The molecule has 3 nitrogen and oxygen atoms in total. The highest BCUT2D eigenvalue weighted by atomic mass is 16.2. The summed E-state index contributed by atoms with van der Waals surface area (Å²) in [6, 6.07) is 8.01. The molecule has 1 aromatic carbocycles. The number of aromatic amines is 1. The fraction of sp³-hybridized carbons (Fsp3) is 0.500. The van der Waals surface area contributed by atoms with Crippen LogP contribution in [0.3, 0.4) is 0 Å². The number of hydrogen-bond donors (Lipinski definition) is 1. The number of nitrogens with one attached hydrogen (secondary N) is 1. The predicted molar refractivity (Wildman–Crippen MR) is 84.3 cm³/mol. The molecule has 21 heavy (non-hydrogen) atoms. The minimum atomic E-state index is 0.194. The van der Waals surface area contributed by atoms with E-state index >= 15 is 0 Å². The van der Waals surface area contributed by atoms with E-state index in [1.165, 1.54) is 38.5 Å². The Morgan fingerprint density at radius 3 is 2.57 bits per heavy atom.